The average Bonchev–Trinajstić information content (AvgIpc) is 1.78. The third-order valence-corrected chi connectivity index (χ3v) is 4.21. The summed E-state index contributed by atoms with van der Waals surface area (Å²) in [4.78, 5) is 0. The minimum absolute atomic E-state index is 0.0955. The first-order valence-electron chi connectivity index (χ1n) is 3.84. The molecule has 0 N–H and O–H groups in total. The van der Waals surface area contributed by atoms with Gasteiger partial charge in [-0.1, -0.05) is 22.6 Å². The molecule has 1 rings (SSSR count). The standard InChI is InChI=1S/C8H15IO/c1-6-4-5-7(9)8(2,3)10-6/h6-7H,4-5H2,1-3H3/t6-,7-/m0/s1. The van der Waals surface area contributed by atoms with Crippen molar-refractivity contribution in [2.45, 2.75) is 49.2 Å². The molecule has 0 radical (unpaired) electrons. The van der Waals surface area contributed by atoms with Crippen molar-refractivity contribution >= 4 is 22.6 Å². The molecule has 1 saturated heterocycles. The van der Waals surface area contributed by atoms with Crippen molar-refractivity contribution in [3.63, 3.8) is 0 Å². The van der Waals surface area contributed by atoms with Gasteiger partial charge in [-0.3, -0.25) is 0 Å². The van der Waals surface area contributed by atoms with Crippen molar-refractivity contribution in [1.82, 2.24) is 0 Å². The van der Waals surface area contributed by atoms with Gasteiger partial charge in [-0.15, -0.1) is 0 Å². The molecule has 0 aliphatic carbocycles. The second-order valence-electron chi connectivity index (χ2n) is 3.58. The highest BCUT2D eigenvalue weighted by atomic mass is 127. The van der Waals surface area contributed by atoms with E-state index in [-0.39, 0.29) is 5.60 Å². The molecule has 0 unspecified atom stereocenters. The Morgan fingerprint density at radius 2 is 2.00 bits per heavy atom. The quantitative estimate of drug-likeness (QED) is 0.477. The molecule has 0 aromatic carbocycles. The predicted molar refractivity (Wildman–Crippen MR) is 51.7 cm³/mol. The van der Waals surface area contributed by atoms with Crippen molar-refractivity contribution in [2.24, 2.45) is 0 Å². The summed E-state index contributed by atoms with van der Waals surface area (Å²) in [7, 11) is 0. The van der Waals surface area contributed by atoms with Gasteiger partial charge in [-0.25, -0.2) is 0 Å². The van der Waals surface area contributed by atoms with Gasteiger partial charge in [0, 0.05) is 3.92 Å². The fourth-order valence-electron chi connectivity index (χ4n) is 1.38. The Kier molecular flexibility index (Phi) is 2.61. The fourth-order valence-corrected chi connectivity index (χ4v) is 1.89. The molecule has 1 aliphatic heterocycles. The summed E-state index contributed by atoms with van der Waals surface area (Å²) >= 11 is 2.48. The predicted octanol–water partition coefficient (Wildman–Crippen LogP) is 2.77. The van der Waals surface area contributed by atoms with Gasteiger partial charge in [-0.2, -0.15) is 0 Å². The van der Waals surface area contributed by atoms with E-state index in [1.165, 1.54) is 12.8 Å². The lowest BCUT2D eigenvalue weighted by Gasteiger charge is -2.38. The molecule has 1 nitrogen and oxygen atoms in total. The van der Waals surface area contributed by atoms with Crippen LogP contribution in [0.1, 0.15) is 33.6 Å². The summed E-state index contributed by atoms with van der Waals surface area (Å²) in [5, 5.41) is 0. The van der Waals surface area contributed by atoms with Crippen molar-refractivity contribution in [2.75, 3.05) is 0 Å². The van der Waals surface area contributed by atoms with Crippen LogP contribution in [0.15, 0.2) is 0 Å². The number of hydrogen-bond acceptors (Lipinski definition) is 1. The van der Waals surface area contributed by atoms with Crippen LogP contribution in [0.5, 0.6) is 0 Å². The van der Waals surface area contributed by atoms with Gasteiger partial charge in [-0.05, 0) is 33.6 Å². The lowest BCUT2D eigenvalue weighted by Crippen LogP contribution is -2.42. The molecular weight excluding hydrogens is 239 g/mol. The molecule has 0 amide bonds. The number of halogens is 1. The van der Waals surface area contributed by atoms with Crippen LogP contribution < -0.4 is 0 Å². The molecule has 2 atom stereocenters. The van der Waals surface area contributed by atoms with E-state index in [4.69, 9.17) is 4.74 Å². The summed E-state index contributed by atoms with van der Waals surface area (Å²) < 4.78 is 6.46. The van der Waals surface area contributed by atoms with Crippen molar-refractivity contribution < 1.29 is 4.74 Å². The Labute approximate surface area is 76.7 Å². The second kappa shape index (κ2) is 2.97. The SMILES string of the molecule is C[C@H]1CC[C@H](I)C(C)(C)O1. The molecule has 0 saturated carbocycles. The van der Waals surface area contributed by atoms with E-state index in [1.54, 1.807) is 0 Å². The number of alkyl halides is 1. The first kappa shape index (κ1) is 8.78. The maximum absolute atomic E-state index is 5.78. The molecule has 2 heteroatoms. The normalized spacial score (nSPS) is 39.6. The zero-order valence-electron chi connectivity index (χ0n) is 6.86. The molecule has 60 valence electrons. The monoisotopic (exact) mass is 254 g/mol. The second-order valence-corrected chi connectivity index (χ2v) is 5.08. The van der Waals surface area contributed by atoms with Gasteiger partial charge in [0.25, 0.3) is 0 Å². The Hall–Kier alpha value is 0.690. The maximum Gasteiger partial charge on any atom is 0.0747 e. The van der Waals surface area contributed by atoms with Crippen LogP contribution in [-0.4, -0.2) is 15.6 Å². The highest BCUT2D eigenvalue weighted by Crippen LogP contribution is 2.33. The number of ether oxygens (including phenoxy) is 1. The zero-order chi connectivity index (χ0) is 7.78. The number of rotatable bonds is 0. The van der Waals surface area contributed by atoms with E-state index in [0.717, 1.165) is 0 Å². The van der Waals surface area contributed by atoms with E-state index >= 15 is 0 Å². The average molecular weight is 254 g/mol. The lowest BCUT2D eigenvalue weighted by atomic mass is 9.96. The van der Waals surface area contributed by atoms with Crippen LogP contribution in [0.3, 0.4) is 0 Å². The third-order valence-electron chi connectivity index (χ3n) is 2.09. The van der Waals surface area contributed by atoms with Crippen LogP contribution in [0.4, 0.5) is 0 Å². The van der Waals surface area contributed by atoms with Gasteiger partial charge >= 0.3 is 0 Å². The van der Waals surface area contributed by atoms with Gasteiger partial charge in [0.05, 0.1) is 11.7 Å². The van der Waals surface area contributed by atoms with Crippen LogP contribution >= 0.6 is 22.6 Å². The zero-order valence-corrected chi connectivity index (χ0v) is 9.01. The molecule has 0 spiro atoms. The summed E-state index contributed by atoms with van der Waals surface area (Å²) in [5.74, 6) is 0. The minimum atomic E-state index is 0.0955. The third kappa shape index (κ3) is 1.84. The van der Waals surface area contributed by atoms with E-state index in [1.807, 2.05) is 0 Å². The Bertz CT molecular complexity index is 122. The van der Waals surface area contributed by atoms with Gasteiger partial charge < -0.3 is 4.74 Å². The topological polar surface area (TPSA) is 9.23 Å². The minimum Gasteiger partial charge on any atom is -0.372 e. The molecule has 1 aliphatic rings. The van der Waals surface area contributed by atoms with Crippen LogP contribution in [0.2, 0.25) is 0 Å². The molecule has 0 aromatic rings. The Balaban J connectivity index is 2.55. The first-order chi connectivity index (χ1) is 4.52. The highest BCUT2D eigenvalue weighted by molar-refractivity contribution is 14.1. The smallest absolute Gasteiger partial charge is 0.0747 e. The molecule has 1 fully saturated rings. The fraction of sp³-hybridized carbons (Fsp3) is 1.00. The highest BCUT2D eigenvalue weighted by Gasteiger charge is 2.33. The summed E-state index contributed by atoms with van der Waals surface area (Å²) in [6, 6.07) is 0. The van der Waals surface area contributed by atoms with Crippen LogP contribution in [-0.2, 0) is 4.74 Å². The first-order valence-corrected chi connectivity index (χ1v) is 5.09. The Morgan fingerprint density at radius 3 is 2.40 bits per heavy atom. The molecule has 0 aromatic heterocycles. The van der Waals surface area contributed by atoms with Crippen molar-refractivity contribution in [3.8, 4) is 0 Å². The molecular formula is C8H15IO. The summed E-state index contributed by atoms with van der Waals surface area (Å²) in [5.41, 5.74) is 0.0955. The van der Waals surface area contributed by atoms with Crippen molar-refractivity contribution in [1.29, 1.82) is 0 Å². The molecule has 10 heavy (non-hydrogen) atoms. The largest absolute Gasteiger partial charge is 0.372 e. The van der Waals surface area contributed by atoms with Crippen LogP contribution in [0, 0.1) is 0 Å². The van der Waals surface area contributed by atoms with Gasteiger partial charge in [0.15, 0.2) is 0 Å². The van der Waals surface area contributed by atoms with Gasteiger partial charge in [0.1, 0.15) is 0 Å². The van der Waals surface area contributed by atoms with Crippen LogP contribution in [0.25, 0.3) is 0 Å². The summed E-state index contributed by atoms with van der Waals surface area (Å²) in [6.07, 6.45) is 2.98. The van der Waals surface area contributed by atoms with E-state index in [2.05, 4.69) is 43.4 Å². The maximum atomic E-state index is 5.78. The van der Waals surface area contributed by atoms with Gasteiger partial charge in [0.2, 0.25) is 0 Å². The van der Waals surface area contributed by atoms with Crippen molar-refractivity contribution in [3.05, 3.63) is 0 Å². The van der Waals surface area contributed by atoms with E-state index in [9.17, 15) is 0 Å². The summed E-state index contributed by atoms with van der Waals surface area (Å²) in [6.45, 7) is 6.52. The molecule has 0 bridgehead atoms. The Morgan fingerprint density at radius 1 is 1.40 bits per heavy atom. The molecule has 1 heterocycles. The lowest BCUT2D eigenvalue weighted by molar-refractivity contribution is -0.0897. The van der Waals surface area contributed by atoms with E-state index < -0.39 is 0 Å². The van der Waals surface area contributed by atoms with E-state index in [0.29, 0.717) is 10.0 Å². The number of hydrogen-bond donors (Lipinski definition) is 0.